The predicted octanol–water partition coefficient (Wildman–Crippen LogP) is 5.66. The number of para-hydroxylation sites is 1. The Morgan fingerprint density at radius 2 is 2.03 bits per heavy atom. The fraction of sp³-hybridized carbons (Fsp3) is 0.200. The Morgan fingerprint density at radius 1 is 1.26 bits per heavy atom. The molecule has 1 aliphatic rings. The van der Waals surface area contributed by atoms with Crippen molar-refractivity contribution in [2.75, 3.05) is 13.2 Å². The van der Waals surface area contributed by atoms with E-state index in [1.807, 2.05) is 55.6 Å². The van der Waals surface area contributed by atoms with Gasteiger partial charge < -0.3 is 9.84 Å². The maximum atomic E-state index is 12.9. The van der Waals surface area contributed by atoms with E-state index >= 15 is 0 Å². The van der Waals surface area contributed by atoms with Gasteiger partial charge in [-0.2, -0.15) is 5.10 Å². The van der Waals surface area contributed by atoms with E-state index in [0.29, 0.717) is 37.9 Å². The molecule has 1 aliphatic heterocycles. The largest absolute Gasteiger partial charge is 0.492 e. The molecule has 10 heteroatoms. The van der Waals surface area contributed by atoms with Crippen molar-refractivity contribution in [2.45, 2.75) is 19.8 Å². The van der Waals surface area contributed by atoms with E-state index < -0.39 is 5.97 Å². The molecule has 0 radical (unpaired) electrons. The molecule has 0 aliphatic carbocycles. The molecule has 0 atom stereocenters. The van der Waals surface area contributed by atoms with Crippen LogP contribution in [0.2, 0.25) is 5.02 Å². The molecule has 0 saturated carbocycles. The highest BCUT2D eigenvalue weighted by molar-refractivity contribution is 8.26. The standard InChI is InChI=1S/C25H22ClN3O4S2/c1-2-12-33-20-9-8-16(13-19(20)26)23-17(15-29(27-23)18-6-4-3-5-7-18)14-21-24(32)28(25(34)35-21)11-10-22(30)31/h3-9,13-15H,2,10-12H2,1H3,(H,30,31). The normalized spacial score (nSPS) is 14.7. The number of aliphatic carboxylic acids is 1. The van der Waals surface area contributed by atoms with E-state index in [-0.39, 0.29) is 18.9 Å². The molecule has 0 unspecified atom stereocenters. The summed E-state index contributed by atoms with van der Waals surface area (Å²) >= 11 is 12.9. The second-order valence-corrected chi connectivity index (χ2v) is 9.77. The number of carboxylic acids is 1. The molecule has 2 heterocycles. The molecule has 0 bridgehead atoms. The van der Waals surface area contributed by atoms with Crippen molar-refractivity contribution in [2.24, 2.45) is 0 Å². The van der Waals surface area contributed by atoms with Crippen molar-refractivity contribution >= 4 is 57.9 Å². The van der Waals surface area contributed by atoms with Crippen LogP contribution in [-0.2, 0) is 9.59 Å². The van der Waals surface area contributed by atoms with Crippen molar-refractivity contribution in [1.29, 1.82) is 0 Å². The molecular formula is C25H22ClN3O4S2. The van der Waals surface area contributed by atoms with E-state index in [9.17, 15) is 9.59 Å². The number of hydrogen-bond acceptors (Lipinski definition) is 6. The number of carboxylic acid groups (broad SMARTS) is 1. The first-order valence-corrected chi connectivity index (χ1v) is 12.5. The topological polar surface area (TPSA) is 84.7 Å². The Labute approximate surface area is 217 Å². The predicted molar refractivity (Wildman–Crippen MR) is 142 cm³/mol. The Morgan fingerprint density at radius 3 is 2.71 bits per heavy atom. The minimum absolute atomic E-state index is 0.0301. The minimum Gasteiger partial charge on any atom is -0.492 e. The molecule has 35 heavy (non-hydrogen) atoms. The van der Waals surface area contributed by atoms with Gasteiger partial charge in [-0.1, -0.05) is 60.7 Å². The monoisotopic (exact) mass is 527 g/mol. The molecule has 1 aromatic heterocycles. The first-order valence-electron chi connectivity index (χ1n) is 10.9. The summed E-state index contributed by atoms with van der Waals surface area (Å²) < 4.78 is 7.76. The maximum absolute atomic E-state index is 12.9. The maximum Gasteiger partial charge on any atom is 0.305 e. The van der Waals surface area contributed by atoms with Crippen molar-refractivity contribution in [3.8, 4) is 22.7 Å². The average Bonchev–Trinajstić information content (AvgIpc) is 3.38. The lowest BCUT2D eigenvalue weighted by molar-refractivity contribution is -0.137. The van der Waals surface area contributed by atoms with Crippen LogP contribution in [-0.4, -0.2) is 49.1 Å². The number of thioether (sulfide) groups is 1. The molecule has 1 amide bonds. The van der Waals surface area contributed by atoms with Crippen LogP contribution in [0, 0.1) is 0 Å². The second kappa shape index (κ2) is 11.1. The number of carbonyl (C=O) groups is 2. The van der Waals surface area contributed by atoms with Gasteiger partial charge in [0.25, 0.3) is 5.91 Å². The number of thiocarbonyl (C=S) groups is 1. The third-order valence-electron chi connectivity index (χ3n) is 5.14. The number of aromatic nitrogens is 2. The van der Waals surface area contributed by atoms with Crippen molar-refractivity contribution < 1.29 is 19.4 Å². The summed E-state index contributed by atoms with van der Waals surface area (Å²) in [4.78, 5) is 25.6. The van der Waals surface area contributed by atoms with Crippen molar-refractivity contribution in [3.05, 3.63) is 70.2 Å². The van der Waals surface area contributed by atoms with Gasteiger partial charge in [0, 0.05) is 23.9 Å². The van der Waals surface area contributed by atoms with Gasteiger partial charge in [0.15, 0.2) is 0 Å². The molecule has 1 fully saturated rings. The molecule has 2 aromatic carbocycles. The summed E-state index contributed by atoms with van der Waals surface area (Å²) in [5.74, 6) is -0.709. The van der Waals surface area contributed by atoms with Gasteiger partial charge in [0.1, 0.15) is 15.8 Å². The fourth-order valence-electron chi connectivity index (χ4n) is 3.45. The number of rotatable bonds is 9. The number of carbonyl (C=O) groups excluding carboxylic acids is 1. The Kier molecular flexibility index (Phi) is 7.90. The van der Waals surface area contributed by atoms with Crippen molar-refractivity contribution in [1.82, 2.24) is 14.7 Å². The molecular weight excluding hydrogens is 506 g/mol. The van der Waals surface area contributed by atoms with Crippen LogP contribution in [0.4, 0.5) is 0 Å². The average molecular weight is 528 g/mol. The van der Waals surface area contributed by atoms with Crippen LogP contribution in [0.25, 0.3) is 23.0 Å². The zero-order valence-electron chi connectivity index (χ0n) is 18.8. The van der Waals surface area contributed by atoms with E-state index in [1.54, 1.807) is 16.8 Å². The minimum atomic E-state index is -0.988. The Balaban J connectivity index is 1.73. The summed E-state index contributed by atoms with van der Waals surface area (Å²) in [7, 11) is 0. The quantitative estimate of drug-likeness (QED) is 0.284. The highest BCUT2D eigenvalue weighted by Crippen LogP contribution is 2.36. The van der Waals surface area contributed by atoms with Gasteiger partial charge in [-0.25, -0.2) is 4.68 Å². The third-order valence-corrected chi connectivity index (χ3v) is 6.81. The summed E-state index contributed by atoms with van der Waals surface area (Å²) in [6, 6.07) is 15.1. The van der Waals surface area contributed by atoms with E-state index in [1.165, 1.54) is 4.90 Å². The van der Waals surface area contributed by atoms with Gasteiger partial charge in [0.05, 0.1) is 28.6 Å². The smallest absolute Gasteiger partial charge is 0.305 e. The first kappa shape index (κ1) is 25.0. The fourth-order valence-corrected chi connectivity index (χ4v) is 4.98. The third kappa shape index (κ3) is 5.75. The molecule has 1 saturated heterocycles. The number of benzene rings is 2. The number of hydrogen-bond donors (Lipinski definition) is 1. The number of amides is 1. The number of nitrogens with zero attached hydrogens (tertiary/aromatic N) is 3. The lowest BCUT2D eigenvalue weighted by atomic mass is 10.1. The zero-order valence-corrected chi connectivity index (χ0v) is 21.2. The lowest BCUT2D eigenvalue weighted by Gasteiger charge is -2.12. The van der Waals surface area contributed by atoms with E-state index in [2.05, 4.69) is 0 Å². The summed E-state index contributed by atoms with van der Waals surface area (Å²) in [5, 5.41) is 14.2. The molecule has 0 spiro atoms. The molecule has 7 nitrogen and oxygen atoms in total. The van der Waals surface area contributed by atoms with Crippen LogP contribution >= 0.6 is 35.6 Å². The van der Waals surface area contributed by atoms with Gasteiger partial charge in [-0.15, -0.1) is 0 Å². The molecule has 4 rings (SSSR count). The van der Waals surface area contributed by atoms with E-state index in [0.717, 1.165) is 29.4 Å². The van der Waals surface area contributed by atoms with Crippen molar-refractivity contribution in [3.63, 3.8) is 0 Å². The lowest BCUT2D eigenvalue weighted by Crippen LogP contribution is -2.30. The number of ether oxygens (including phenoxy) is 1. The summed E-state index contributed by atoms with van der Waals surface area (Å²) in [5.41, 5.74) is 2.96. The van der Waals surface area contributed by atoms with Gasteiger partial charge in [0.2, 0.25) is 0 Å². The van der Waals surface area contributed by atoms with Crippen LogP contribution < -0.4 is 4.74 Å². The highest BCUT2D eigenvalue weighted by atomic mass is 35.5. The second-order valence-electron chi connectivity index (χ2n) is 7.68. The highest BCUT2D eigenvalue weighted by Gasteiger charge is 2.32. The SMILES string of the molecule is CCCOc1ccc(-c2nn(-c3ccccc3)cc2C=C2SC(=S)N(CCC(=O)O)C2=O)cc1Cl. The van der Waals surface area contributed by atoms with Crippen LogP contribution in [0.5, 0.6) is 5.75 Å². The molecule has 180 valence electrons. The van der Waals surface area contributed by atoms with Gasteiger partial charge >= 0.3 is 5.97 Å². The van der Waals surface area contributed by atoms with Gasteiger partial charge in [-0.05, 0) is 42.8 Å². The summed E-state index contributed by atoms with van der Waals surface area (Å²) in [6.07, 6.45) is 4.26. The Bertz CT molecular complexity index is 1310. The number of halogens is 1. The van der Waals surface area contributed by atoms with Crippen LogP contribution in [0.3, 0.4) is 0 Å². The van der Waals surface area contributed by atoms with Crippen LogP contribution in [0.15, 0.2) is 59.6 Å². The zero-order chi connectivity index (χ0) is 24.9. The Hall–Kier alpha value is -3.14. The molecule has 3 aromatic rings. The first-order chi connectivity index (χ1) is 16.9. The summed E-state index contributed by atoms with van der Waals surface area (Å²) in [6.45, 7) is 2.62. The van der Waals surface area contributed by atoms with E-state index in [4.69, 9.17) is 38.8 Å². The van der Waals surface area contributed by atoms with Crippen LogP contribution in [0.1, 0.15) is 25.3 Å². The van der Waals surface area contributed by atoms with Gasteiger partial charge in [-0.3, -0.25) is 14.5 Å². The molecule has 1 N–H and O–H groups in total.